The second-order valence-electron chi connectivity index (χ2n) is 4.49. The Morgan fingerprint density at radius 1 is 1.26 bits per heavy atom. The van der Waals surface area contributed by atoms with E-state index in [0.29, 0.717) is 0 Å². The van der Waals surface area contributed by atoms with Gasteiger partial charge in [-0.3, -0.25) is 0 Å². The van der Waals surface area contributed by atoms with Crippen molar-refractivity contribution >= 4 is 0 Å². The molecule has 0 fully saturated rings. The maximum atomic E-state index is 5.41. The highest BCUT2D eigenvalue weighted by Crippen LogP contribution is 2.14. The monoisotopic (exact) mass is 262 g/mol. The number of nitrogens with zero attached hydrogens (tertiary/aromatic N) is 1. The van der Waals surface area contributed by atoms with Crippen LogP contribution in [-0.2, 0) is 24.2 Å². The highest BCUT2D eigenvalue weighted by Gasteiger charge is 2.08. The molecule has 2 rings (SSSR count). The van der Waals surface area contributed by atoms with Crippen LogP contribution in [-0.4, -0.2) is 24.8 Å². The van der Waals surface area contributed by atoms with Crippen molar-refractivity contribution in [1.29, 1.82) is 0 Å². The summed E-state index contributed by atoms with van der Waals surface area (Å²) in [5.41, 5.74) is 2.60. The molecule has 1 N–H and O–H groups in total. The molecule has 2 aromatic heterocycles. The number of hydrogen-bond acceptors (Lipinski definition) is 3. The average Bonchev–Trinajstić information content (AvgIpc) is 3.05. The summed E-state index contributed by atoms with van der Waals surface area (Å²) < 4.78 is 12.8. The maximum absolute atomic E-state index is 5.41. The zero-order valence-electron chi connectivity index (χ0n) is 11.7. The van der Waals surface area contributed by atoms with Crippen molar-refractivity contribution in [1.82, 2.24) is 9.88 Å². The predicted octanol–water partition coefficient (Wildman–Crippen LogP) is 2.43. The number of rotatable bonds is 8. The lowest BCUT2D eigenvalue weighted by Gasteiger charge is -2.11. The molecule has 0 atom stereocenters. The normalized spacial score (nSPS) is 11.1. The van der Waals surface area contributed by atoms with E-state index in [0.717, 1.165) is 38.4 Å². The molecule has 0 aliphatic carbocycles. The van der Waals surface area contributed by atoms with Crippen LogP contribution in [0.3, 0.4) is 0 Å². The fourth-order valence-electron chi connectivity index (χ4n) is 2.25. The minimum absolute atomic E-state index is 0.742. The molecule has 4 nitrogen and oxygen atoms in total. The molecule has 0 bridgehead atoms. The standard InChI is InChI=1S/C15H22N2O2/c1-3-17-13(11-15-5-4-9-19-15)6-7-14(17)12-16-8-10-18-2/h4-7,9,16H,3,8,10-12H2,1-2H3. The smallest absolute Gasteiger partial charge is 0.109 e. The minimum atomic E-state index is 0.742. The van der Waals surface area contributed by atoms with E-state index in [1.165, 1.54) is 11.4 Å². The van der Waals surface area contributed by atoms with Crippen LogP contribution in [0.15, 0.2) is 34.9 Å². The number of nitrogens with one attached hydrogen (secondary N) is 1. The van der Waals surface area contributed by atoms with Gasteiger partial charge in [-0.2, -0.15) is 0 Å². The number of furan rings is 1. The largest absolute Gasteiger partial charge is 0.469 e. The quantitative estimate of drug-likeness (QED) is 0.743. The zero-order valence-corrected chi connectivity index (χ0v) is 11.7. The summed E-state index contributed by atoms with van der Waals surface area (Å²) in [6, 6.07) is 8.31. The van der Waals surface area contributed by atoms with E-state index in [9.17, 15) is 0 Å². The molecule has 0 aliphatic rings. The van der Waals surface area contributed by atoms with E-state index in [1.807, 2.05) is 12.1 Å². The second kappa shape index (κ2) is 7.16. The van der Waals surface area contributed by atoms with Crippen molar-refractivity contribution < 1.29 is 9.15 Å². The number of aromatic nitrogens is 1. The molecule has 0 amide bonds. The highest BCUT2D eigenvalue weighted by atomic mass is 16.5. The molecule has 0 aliphatic heterocycles. The topological polar surface area (TPSA) is 39.3 Å². The zero-order chi connectivity index (χ0) is 13.5. The van der Waals surface area contributed by atoms with Crippen LogP contribution in [0.25, 0.3) is 0 Å². The lowest BCUT2D eigenvalue weighted by atomic mass is 10.2. The fourth-order valence-corrected chi connectivity index (χ4v) is 2.25. The van der Waals surface area contributed by atoms with Gasteiger partial charge in [0.05, 0.1) is 12.9 Å². The summed E-state index contributed by atoms with van der Waals surface area (Å²) in [5.74, 6) is 1.01. The van der Waals surface area contributed by atoms with Crippen LogP contribution >= 0.6 is 0 Å². The number of ether oxygens (including phenoxy) is 1. The first-order chi connectivity index (χ1) is 9.35. The van der Waals surface area contributed by atoms with Crippen LogP contribution in [0.1, 0.15) is 24.1 Å². The molecule has 104 valence electrons. The first-order valence-corrected chi connectivity index (χ1v) is 6.74. The Morgan fingerprint density at radius 2 is 2.11 bits per heavy atom. The van der Waals surface area contributed by atoms with E-state index in [4.69, 9.17) is 9.15 Å². The van der Waals surface area contributed by atoms with Gasteiger partial charge in [-0.1, -0.05) is 0 Å². The summed E-state index contributed by atoms with van der Waals surface area (Å²) in [7, 11) is 1.72. The summed E-state index contributed by atoms with van der Waals surface area (Å²) in [6.45, 7) is 5.63. The van der Waals surface area contributed by atoms with Crippen molar-refractivity contribution in [3.05, 3.63) is 47.7 Å². The Morgan fingerprint density at radius 3 is 2.79 bits per heavy atom. The van der Waals surface area contributed by atoms with Gasteiger partial charge in [0.2, 0.25) is 0 Å². The maximum Gasteiger partial charge on any atom is 0.109 e. The van der Waals surface area contributed by atoms with Crippen molar-refractivity contribution in [2.45, 2.75) is 26.4 Å². The molecule has 4 heteroatoms. The van der Waals surface area contributed by atoms with Crippen LogP contribution in [0.5, 0.6) is 0 Å². The number of methoxy groups -OCH3 is 1. The molecule has 2 aromatic rings. The molecular weight excluding hydrogens is 240 g/mol. The van der Waals surface area contributed by atoms with Gasteiger partial charge in [-0.15, -0.1) is 0 Å². The van der Waals surface area contributed by atoms with Crippen molar-refractivity contribution in [3.8, 4) is 0 Å². The lowest BCUT2D eigenvalue weighted by Crippen LogP contribution is -2.20. The first kappa shape index (κ1) is 13.9. The van der Waals surface area contributed by atoms with Gasteiger partial charge in [0.15, 0.2) is 0 Å². The minimum Gasteiger partial charge on any atom is -0.469 e. The summed E-state index contributed by atoms with van der Waals surface area (Å²) >= 11 is 0. The Labute approximate surface area is 114 Å². The summed E-state index contributed by atoms with van der Waals surface area (Å²) in [6.07, 6.45) is 2.57. The number of hydrogen-bond donors (Lipinski definition) is 1. The SMILES string of the molecule is CCn1c(CNCCOC)ccc1Cc1ccco1. The first-order valence-electron chi connectivity index (χ1n) is 6.74. The second-order valence-corrected chi connectivity index (χ2v) is 4.49. The van der Waals surface area contributed by atoms with E-state index >= 15 is 0 Å². The van der Waals surface area contributed by atoms with Crippen LogP contribution in [0, 0.1) is 0 Å². The Balaban J connectivity index is 1.99. The van der Waals surface area contributed by atoms with Crippen LogP contribution in [0.2, 0.25) is 0 Å². The van der Waals surface area contributed by atoms with Crippen LogP contribution in [0.4, 0.5) is 0 Å². The highest BCUT2D eigenvalue weighted by molar-refractivity contribution is 5.20. The van der Waals surface area contributed by atoms with Gasteiger partial charge in [-0.05, 0) is 31.2 Å². The van der Waals surface area contributed by atoms with Crippen molar-refractivity contribution in [2.75, 3.05) is 20.3 Å². The third-order valence-corrected chi connectivity index (χ3v) is 3.20. The van der Waals surface area contributed by atoms with E-state index in [-0.39, 0.29) is 0 Å². The van der Waals surface area contributed by atoms with Gasteiger partial charge in [0, 0.05) is 44.6 Å². The molecule has 19 heavy (non-hydrogen) atoms. The van der Waals surface area contributed by atoms with Gasteiger partial charge in [0.25, 0.3) is 0 Å². The lowest BCUT2D eigenvalue weighted by molar-refractivity contribution is 0.199. The molecule has 0 spiro atoms. The summed E-state index contributed by atoms with van der Waals surface area (Å²) in [5, 5.41) is 3.38. The molecule has 0 unspecified atom stereocenters. The van der Waals surface area contributed by atoms with Gasteiger partial charge >= 0.3 is 0 Å². The van der Waals surface area contributed by atoms with E-state index in [2.05, 4.69) is 28.9 Å². The van der Waals surface area contributed by atoms with Crippen molar-refractivity contribution in [3.63, 3.8) is 0 Å². The van der Waals surface area contributed by atoms with E-state index in [1.54, 1.807) is 13.4 Å². The summed E-state index contributed by atoms with van der Waals surface area (Å²) in [4.78, 5) is 0. The Bertz CT molecular complexity index is 474. The molecular formula is C15H22N2O2. The molecule has 0 radical (unpaired) electrons. The van der Waals surface area contributed by atoms with Gasteiger partial charge < -0.3 is 19.0 Å². The molecule has 0 saturated heterocycles. The average molecular weight is 262 g/mol. The molecule has 0 aromatic carbocycles. The van der Waals surface area contributed by atoms with Crippen LogP contribution < -0.4 is 5.32 Å². The van der Waals surface area contributed by atoms with Crippen molar-refractivity contribution in [2.24, 2.45) is 0 Å². The van der Waals surface area contributed by atoms with Gasteiger partial charge in [0.1, 0.15) is 5.76 Å². The van der Waals surface area contributed by atoms with Gasteiger partial charge in [-0.25, -0.2) is 0 Å². The predicted molar refractivity (Wildman–Crippen MR) is 75.2 cm³/mol. The molecule has 0 saturated carbocycles. The Hall–Kier alpha value is -1.52. The third-order valence-electron chi connectivity index (χ3n) is 3.20. The fraction of sp³-hybridized carbons (Fsp3) is 0.467. The van der Waals surface area contributed by atoms with E-state index < -0.39 is 0 Å². The Kier molecular flexibility index (Phi) is 5.24. The molecule has 2 heterocycles. The third kappa shape index (κ3) is 3.72.